The van der Waals surface area contributed by atoms with Gasteiger partial charge in [0.2, 0.25) is 0 Å². The molecule has 0 saturated carbocycles. The molecule has 1 atom stereocenters. The second-order valence-corrected chi connectivity index (χ2v) is 7.72. The van der Waals surface area contributed by atoms with Crippen LogP contribution in [0.3, 0.4) is 0 Å². The van der Waals surface area contributed by atoms with Gasteiger partial charge in [0.1, 0.15) is 0 Å². The Labute approximate surface area is 86.9 Å². The van der Waals surface area contributed by atoms with Gasteiger partial charge in [0, 0.05) is 6.54 Å². The SMILES string of the molecule is C/C=C1\O[Si](C)(C)OC[C@@H]2CCCN12. The molecule has 0 N–H and O–H groups in total. The Morgan fingerprint density at radius 3 is 3.00 bits per heavy atom. The van der Waals surface area contributed by atoms with E-state index in [4.69, 9.17) is 8.85 Å². The molecule has 4 heteroatoms. The van der Waals surface area contributed by atoms with E-state index in [9.17, 15) is 0 Å². The number of rotatable bonds is 0. The summed E-state index contributed by atoms with van der Waals surface area (Å²) in [5.74, 6) is 1.04. The quantitative estimate of drug-likeness (QED) is 0.575. The van der Waals surface area contributed by atoms with Crippen molar-refractivity contribution in [2.45, 2.75) is 38.9 Å². The van der Waals surface area contributed by atoms with Gasteiger partial charge in [0.25, 0.3) is 0 Å². The Balaban J connectivity index is 2.20. The average molecular weight is 213 g/mol. The summed E-state index contributed by atoms with van der Waals surface area (Å²) in [5.41, 5.74) is 0. The molecule has 2 aliphatic heterocycles. The number of allylic oxidation sites excluding steroid dienone is 1. The third-order valence-electron chi connectivity index (χ3n) is 2.88. The fourth-order valence-corrected chi connectivity index (χ4v) is 3.55. The Bertz CT molecular complexity index is 253. The maximum Gasteiger partial charge on any atom is 0.393 e. The molecule has 14 heavy (non-hydrogen) atoms. The highest BCUT2D eigenvalue weighted by molar-refractivity contribution is 6.64. The second kappa shape index (κ2) is 3.59. The third kappa shape index (κ3) is 1.81. The normalized spacial score (nSPS) is 33.8. The lowest BCUT2D eigenvalue weighted by molar-refractivity contribution is 0.210. The first-order valence-electron chi connectivity index (χ1n) is 5.38. The molecule has 2 rings (SSSR count). The van der Waals surface area contributed by atoms with Gasteiger partial charge in [-0.1, -0.05) is 0 Å². The van der Waals surface area contributed by atoms with Crippen molar-refractivity contribution in [3.63, 3.8) is 0 Å². The van der Waals surface area contributed by atoms with E-state index in [0.717, 1.165) is 19.0 Å². The lowest BCUT2D eigenvalue weighted by Gasteiger charge is -2.26. The van der Waals surface area contributed by atoms with Crippen molar-refractivity contribution in [2.75, 3.05) is 13.2 Å². The first-order chi connectivity index (χ1) is 6.62. The lowest BCUT2D eigenvalue weighted by Crippen LogP contribution is -2.34. The minimum Gasteiger partial charge on any atom is -0.508 e. The molecule has 0 spiro atoms. The zero-order valence-electron chi connectivity index (χ0n) is 9.25. The molecular weight excluding hydrogens is 194 g/mol. The molecule has 0 bridgehead atoms. The second-order valence-electron chi connectivity index (χ2n) is 4.43. The number of hydrogen-bond donors (Lipinski definition) is 0. The summed E-state index contributed by atoms with van der Waals surface area (Å²) in [6, 6.07) is 0.551. The summed E-state index contributed by atoms with van der Waals surface area (Å²) < 4.78 is 11.8. The van der Waals surface area contributed by atoms with E-state index in [-0.39, 0.29) is 0 Å². The first-order valence-corrected chi connectivity index (χ1v) is 8.20. The Hall–Kier alpha value is -0.483. The molecule has 3 nitrogen and oxygen atoms in total. The number of nitrogens with zero attached hydrogens (tertiary/aromatic N) is 1. The predicted molar refractivity (Wildman–Crippen MR) is 58.0 cm³/mol. The van der Waals surface area contributed by atoms with Crippen LogP contribution in [0.4, 0.5) is 0 Å². The largest absolute Gasteiger partial charge is 0.508 e. The summed E-state index contributed by atoms with van der Waals surface area (Å²) in [6.07, 6.45) is 4.57. The van der Waals surface area contributed by atoms with Gasteiger partial charge in [0.15, 0.2) is 5.88 Å². The average Bonchev–Trinajstić information content (AvgIpc) is 2.55. The molecule has 0 aromatic rings. The van der Waals surface area contributed by atoms with Crippen LogP contribution in [0.5, 0.6) is 0 Å². The molecule has 2 saturated heterocycles. The molecule has 0 unspecified atom stereocenters. The van der Waals surface area contributed by atoms with Crippen LogP contribution >= 0.6 is 0 Å². The van der Waals surface area contributed by atoms with Crippen molar-refractivity contribution in [3.05, 3.63) is 12.0 Å². The van der Waals surface area contributed by atoms with Gasteiger partial charge in [-0.3, -0.25) is 0 Å². The van der Waals surface area contributed by atoms with E-state index in [1.807, 2.05) is 6.92 Å². The number of hydrogen-bond acceptors (Lipinski definition) is 3. The summed E-state index contributed by atoms with van der Waals surface area (Å²) in [5, 5.41) is 0. The van der Waals surface area contributed by atoms with Crippen molar-refractivity contribution in [2.24, 2.45) is 0 Å². The van der Waals surface area contributed by atoms with Gasteiger partial charge in [-0.2, -0.15) is 0 Å². The van der Waals surface area contributed by atoms with Crippen LogP contribution in [0.1, 0.15) is 19.8 Å². The Kier molecular flexibility index (Phi) is 2.57. The zero-order valence-corrected chi connectivity index (χ0v) is 10.2. The van der Waals surface area contributed by atoms with Gasteiger partial charge in [-0.15, -0.1) is 0 Å². The summed E-state index contributed by atoms with van der Waals surface area (Å²) in [4.78, 5) is 2.36. The maximum absolute atomic E-state index is 5.97. The van der Waals surface area contributed by atoms with Crippen molar-refractivity contribution >= 4 is 8.56 Å². The molecule has 0 aromatic heterocycles. The summed E-state index contributed by atoms with van der Waals surface area (Å²) in [6.45, 7) is 8.23. The predicted octanol–water partition coefficient (Wildman–Crippen LogP) is 2.06. The van der Waals surface area contributed by atoms with Gasteiger partial charge in [-0.25, -0.2) is 0 Å². The van der Waals surface area contributed by atoms with Gasteiger partial charge in [0.05, 0.1) is 12.6 Å². The van der Waals surface area contributed by atoms with Crippen LogP contribution < -0.4 is 0 Å². The Morgan fingerprint density at radius 1 is 1.50 bits per heavy atom. The summed E-state index contributed by atoms with van der Waals surface area (Å²) in [7, 11) is -1.90. The van der Waals surface area contributed by atoms with Crippen LogP contribution in [0.15, 0.2) is 12.0 Å². The summed E-state index contributed by atoms with van der Waals surface area (Å²) >= 11 is 0. The van der Waals surface area contributed by atoms with Gasteiger partial charge < -0.3 is 13.8 Å². The minimum atomic E-state index is -1.90. The van der Waals surface area contributed by atoms with Crippen LogP contribution in [0.2, 0.25) is 13.1 Å². The van der Waals surface area contributed by atoms with Gasteiger partial charge in [-0.05, 0) is 38.9 Å². The van der Waals surface area contributed by atoms with Crippen LogP contribution in [0, 0.1) is 0 Å². The van der Waals surface area contributed by atoms with Crippen molar-refractivity contribution in [1.82, 2.24) is 4.90 Å². The topological polar surface area (TPSA) is 21.7 Å². The lowest BCUT2D eigenvalue weighted by atomic mass is 10.2. The first kappa shape index (κ1) is 10.0. The van der Waals surface area contributed by atoms with E-state index < -0.39 is 8.56 Å². The highest BCUT2D eigenvalue weighted by Crippen LogP contribution is 2.29. The highest BCUT2D eigenvalue weighted by atomic mass is 28.4. The van der Waals surface area contributed by atoms with Crippen LogP contribution in [-0.4, -0.2) is 32.7 Å². The standard InChI is InChI=1S/C10H19NO2Si/c1-4-10-11-7-5-6-9(11)8-12-14(2,3)13-10/h4,9H,5-8H2,1-3H3/b10-4-/t9-/m0/s1. The fourth-order valence-electron chi connectivity index (χ4n) is 2.16. The molecule has 0 amide bonds. The van der Waals surface area contributed by atoms with Gasteiger partial charge >= 0.3 is 8.56 Å². The minimum absolute atomic E-state index is 0.551. The molecule has 80 valence electrons. The van der Waals surface area contributed by atoms with Crippen molar-refractivity contribution in [1.29, 1.82) is 0 Å². The van der Waals surface area contributed by atoms with E-state index in [2.05, 4.69) is 24.1 Å². The molecule has 2 heterocycles. The molecule has 0 radical (unpaired) electrons. The number of fused-ring (bicyclic) bond motifs is 1. The third-order valence-corrected chi connectivity index (χ3v) is 4.44. The molecule has 0 aliphatic carbocycles. The Morgan fingerprint density at radius 2 is 2.29 bits per heavy atom. The molecule has 2 aliphatic rings. The van der Waals surface area contributed by atoms with Crippen molar-refractivity contribution < 1.29 is 8.85 Å². The van der Waals surface area contributed by atoms with Crippen LogP contribution in [-0.2, 0) is 8.85 Å². The molecular formula is C10H19NO2Si. The monoisotopic (exact) mass is 213 g/mol. The fraction of sp³-hybridized carbons (Fsp3) is 0.800. The highest BCUT2D eigenvalue weighted by Gasteiger charge is 2.38. The zero-order chi connectivity index (χ0) is 10.2. The van der Waals surface area contributed by atoms with E-state index >= 15 is 0 Å². The van der Waals surface area contributed by atoms with Crippen molar-refractivity contribution in [3.8, 4) is 0 Å². The molecule has 0 aromatic carbocycles. The molecule has 2 fully saturated rings. The van der Waals surface area contributed by atoms with E-state index in [1.54, 1.807) is 0 Å². The van der Waals surface area contributed by atoms with E-state index in [1.165, 1.54) is 12.8 Å². The maximum atomic E-state index is 5.97. The smallest absolute Gasteiger partial charge is 0.393 e. The van der Waals surface area contributed by atoms with Crippen LogP contribution in [0.25, 0.3) is 0 Å². The van der Waals surface area contributed by atoms with E-state index in [0.29, 0.717) is 6.04 Å².